The van der Waals surface area contributed by atoms with E-state index >= 15 is 0 Å². The summed E-state index contributed by atoms with van der Waals surface area (Å²) in [6.07, 6.45) is 0. The Morgan fingerprint density at radius 1 is 1.33 bits per heavy atom. The Bertz CT molecular complexity index is 382. The maximum Gasteiger partial charge on any atom is 0.0579 e. The lowest BCUT2D eigenvalue weighted by molar-refractivity contribution is -0.148. The first-order chi connectivity index (χ1) is 8.69. The van der Waals surface area contributed by atoms with E-state index in [-0.39, 0.29) is 12.0 Å². The standard InChI is InChI=1S/C15H23NO2/c1-3-16(9-15(10-17)11-18-12-15)8-14-7-5-4-6-13(14)2/h4-7,17H,3,8-12H2,1-2H3. The highest BCUT2D eigenvalue weighted by molar-refractivity contribution is 5.25. The van der Waals surface area contributed by atoms with Gasteiger partial charge in [0.05, 0.1) is 25.2 Å². The van der Waals surface area contributed by atoms with E-state index in [0.717, 1.165) is 19.6 Å². The van der Waals surface area contributed by atoms with Crippen molar-refractivity contribution in [2.24, 2.45) is 5.41 Å². The Balaban J connectivity index is 1.99. The van der Waals surface area contributed by atoms with Crippen molar-refractivity contribution in [3.05, 3.63) is 35.4 Å². The zero-order chi connectivity index (χ0) is 13.0. The molecule has 1 saturated heterocycles. The van der Waals surface area contributed by atoms with E-state index in [1.54, 1.807) is 0 Å². The highest BCUT2D eigenvalue weighted by atomic mass is 16.5. The van der Waals surface area contributed by atoms with Gasteiger partial charge >= 0.3 is 0 Å². The minimum Gasteiger partial charge on any atom is -0.396 e. The van der Waals surface area contributed by atoms with E-state index in [0.29, 0.717) is 13.2 Å². The molecule has 1 aromatic carbocycles. The fraction of sp³-hybridized carbons (Fsp3) is 0.600. The van der Waals surface area contributed by atoms with Crippen molar-refractivity contribution < 1.29 is 9.84 Å². The molecule has 100 valence electrons. The number of benzene rings is 1. The summed E-state index contributed by atoms with van der Waals surface area (Å²) in [5.41, 5.74) is 2.67. The van der Waals surface area contributed by atoms with Crippen LogP contribution in [0.2, 0.25) is 0 Å². The normalized spacial score (nSPS) is 17.8. The van der Waals surface area contributed by atoms with Crippen LogP contribution in [0.15, 0.2) is 24.3 Å². The molecule has 3 heteroatoms. The van der Waals surface area contributed by atoms with Gasteiger partial charge in [-0.2, -0.15) is 0 Å². The third kappa shape index (κ3) is 2.91. The molecule has 0 saturated carbocycles. The average Bonchev–Trinajstić information content (AvgIpc) is 2.35. The minimum atomic E-state index is -0.0291. The summed E-state index contributed by atoms with van der Waals surface area (Å²) in [5, 5.41) is 9.49. The second kappa shape index (κ2) is 5.83. The number of aliphatic hydroxyl groups excluding tert-OH is 1. The van der Waals surface area contributed by atoms with Crippen LogP contribution in [0.5, 0.6) is 0 Å². The topological polar surface area (TPSA) is 32.7 Å². The predicted octanol–water partition coefficient (Wildman–Crippen LogP) is 1.83. The van der Waals surface area contributed by atoms with Crippen LogP contribution < -0.4 is 0 Å². The Morgan fingerprint density at radius 2 is 2.06 bits per heavy atom. The Morgan fingerprint density at radius 3 is 2.56 bits per heavy atom. The fourth-order valence-corrected chi connectivity index (χ4v) is 2.41. The molecule has 0 bridgehead atoms. The summed E-state index contributed by atoms with van der Waals surface area (Å²) in [7, 11) is 0. The Labute approximate surface area is 109 Å². The van der Waals surface area contributed by atoms with Crippen LogP contribution in [-0.4, -0.2) is 42.9 Å². The van der Waals surface area contributed by atoms with Crippen molar-refractivity contribution in [2.45, 2.75) is 20.4 Å². The summed E-state index contributed by atoms with van der Waals surface area (Å²) in [5.74, 6) is 0. The molecular formula is C15H23NO2. The third-order valence-corrected chi connectivity index (χ3v) is 3.81. The van der Waals surface area contributed by atoms with Gasteiger partial charge in [-0.25, -0.2) is 0 Å². The summed E-state index contributed by atoms with van der Waals surface area (Å²) >= 11 is 0. The van der Waals surface area contributed by atoms with Crippen LogP contribution in [0.1, 0.15) is 18.1 Å². The van der Waals surface area contributed by atoms with E-state index in [9.17, 15) is 5.11 Å². The minimum absolute atomic E-state index is 0.0291. The molecule has 0 aromatic heterocycles. The van der Waals surface area contributed by atoms with Crippen molar-refractivity contribution in [3.63, 3.8) is 0 Å². The van der Waals surface area contributed by atoms with Crippen LogP contribution >= 0.6 is 0 Å². The number of aliphatic hydroxyl groups is 1. The molecule has 1 aliphatic heterocycles. The van der Waals surface area contributed by atoms with E-state index in [4.69, 9.17) is 4.74 Å². The first-order valence-corrected chi connectivity index (χ1v) is 6.64. The van der Waals surface area contributed by atoms with Crippen molar-refractivity contribution in [3.8, 4) is 0 Å². The van der Waals surface area contributed by atoms with Gasteiger partial charge in [-0.1, -0.05) is 31.2 Å². The molecule has 0 spiro atoms. The molecule has 3 nitrogen and oxygen atoms in total. The number of hydrogen-bond acceptors (Lipinski definition) is 3. The second-order valence-corrected chi connectivity index (χ2v) is 5.38. The Kier molecular flexibility index (Phi) is 4.38. The van der Waals surface area contributed by atoms with E-state index in [1.807, 2.05) is 0 Å². The predicted molar refractivity (Wildman–Crippen MR) is 72.5 cm³/mol. The van der Waals surface area contributed by atoms with Crippen molar-refractivity contribution in [2.75, 3.05) is 32.9 Å². The molecule has 1 heterocycles. The lowest BCUT2D eigenvalue weighted by Gasteiger charge is -2.43. The summed E-state index contributed by atoms with van der Waals surface area (Å²) in [4.78, 5) is 2.39. The van der Waals surface area contributed by atoms with E-state index < -0.39 is 0 Å². The van der Waals surface area contributed by atoms with Crippen LogP contribution in [0.4, 0.5) is 0 Å². The molecule has 1 aliphatic rings. The van der Waals surface area contributed by atoms with Crippen LogP contribution in [-0.2, 0) is 11.3 Å². The molecule has 0 atom stereocenters. The zero-order valence-corrected chi connectivity index (χ0v) is 11.4. The number of hydrogen-bond donors (Lipinski definition) is 1. The smallest absolute Gasteiger partial charge is 0.0579 e. The maximum absolute atomic E-state index is 9.49. The highest BCUT2D eigenvalue weighted by Gasteiger charge is 2.39. The first kappa shape index (κ1) is 13.5. The zero-order valence-electron chi connectivity index (χ0n) is 11.4. The number of ether oxygens (including phenoxy) is 1. The fourth-order valence-electron chi connectivity index (χ4n) is 2.41. The van der Waals surface area contributed by atoms with Gasteiger partial charge in [0.25, 0.3) is 0 Å². The summed E-state index contributed by atoms with van der Waals surface area (Å²) < 4.78 is 5.26. The number of nitrogens with zero attached hydrogens (tertiary/aromatic N) is 1. The average molecular weight is 249 g/mol. The molecule has 1 aromatic rings. The molecule has 0 radical (unpaired) electrons. The van der Waals surface area contributed by atoms with Crippen LogP contribution in [0.25, 0.3) is 0 Å². The molecule has 18 heavy (non-hydrogen) atoms. The summed E-state index contributed by atoms with van der Waals surface area (Å²) in [6, 6.07) is 8.49. The Hall–Kier alpha value is -0.900. The molecule has 0 unspecified atom stereocenters. The SMILES string of the molecule is CCN(Cc1ccccc1C)CC1(CO)COC1. The number of rotatable bonds is 6. The maximum atomic E-state index is 9.49. The van der Waals surface area contributed by atoms with E-state index in [2.05, 4.69) is 43.0 Å². The number of aryl methyl sites for hydroxylation is 1. The molecule has 0 amide bonds. The highest BCUT2D eigenvalue weighted by Crippen LogP contribution is 2.28. The van der Waals surface area contributed by atoms with Gasteiger partial charge in [-0.3, -0.25) is 4.90 Å². The molecular weight excluding hydrogens is 226 g/mol. The quantitative estimate of drug-likeness (QED) is 0.835. The van der Waals surface area contributed by atoms with Gasteiger partial charge in [0.1, 0.15) is 0 Å². The molecule has 1 N–H and O–H groups in total. The lowest BCUT2D eigenvalue weighted by Crippen LogP contribution is -2.53. The second-order valence-electron chi connectivity index (χ2n) is 5.38. The van der Waals surface area contributed by atoms with Gasteiger partial charge in [0.15, 0.2) is 0 Å². The van der Waals surface area contributed by atoms with Crippen molar-refractivity contribution >= 4 is 0 Å². The largest absolute Gasteiger partial charge is 0.396 e. The molecule has 2 rings (SSSR count). The third-order valence-electron chi connectivity index (χ3n) is 3.81. The van der Waals surface area contributed by atoms with Crippen LogP contribution in [0.3, 0.4) is 0 Å². The van der Waals surface area contributed by atoms with Crippen molar-refractivity contribution in [1.29, 1.82) is 0 Å². The van der Waals surface area contributed by atoms with Gasteiger partial charge < -0.3 is 9.84 Å². The lowest BCUT2D eigenvalue weighted by atomic mass is 9.86. The van der Waals surface area contributed by atoms with Crippen molar-refractivity contribution in [1.82, 2.24) is 4.90 Å². The monoisotopic (exact) mass is 249 g/mol. The van der Waals surface area contributed by atoms with Gasteiger partial charge in [0, 0.05) is 13.1 Å². The first-order valence-electron chi connectivity index (χ1n) is 6.64. The van der Waals surface area contributed by atoms with E-state index in [1.165, 1.54) is 11.1 Å². The molecule has 1 fully saturated rings. The molecule has 0 aliphatic carbocycles. The van der Waals surface area contributed by atoms with Gasteiger partial charge in [-0.05, 0) is 24.6 Å². The van der Waals surface area contributed by atoms with Crippen LogP contribution in [0, 0.1) is 12.3 Å². The van der Waals surface area contributed by atoms with Gasteiger partial charge in [-0.15, -0.1) is 0 Å². The summed E-state index contributed by atoms with van der Waals surface area (Å²) in [6.45, 7) is 8.77. The van der Waals surface area contributed by atoms with Gasteiger partial charge in [0.2, 0.25) is 0 Å².